The predicted octanol–water partition coefficient (Wildman–Crippen LogP) is 5.13. The number of aryl methyl sites for hydroxylation is 3. The van der Waals surface area contributed by atoms with Gasteiger partial charge in [0.2, 0.25) is 0 Å². The van der Waals surface area contributed by atoms with Crippen LogP contribution in [0, 0.1) is 20.8 Å². The summed E-state index contributed by atoms with van der Waals surface area (Å²) >= 11 is 0. The maximum Gasteiger partial charge on any atom is 0.339 e. The highest BCUT2D eigenvalue weighted by atomic mass is 31.2. The van der Waals surface area contributed by atoms with Crippen molar-refractivity contribution in [3.63, 3.8) is 0 Å². The average Bonchev–Trinajstić information content (AvgIpc) is 2.61. The zero-order chi connectivity index (χ0) is 20.0. The zero-order valence-corrected chi connectivity index (χ0v) is 17.5. The molecule has 1 aromatic heterocycles. The molecule has 0 bridgehead atoms. The average molecular weight is 392 g/mol. The van der Waals surface area contributed by atoms with Crippen LogP contribution >= 0.6 is 7.60 Å². The number of aromatic nitrogens is 1. The van der Waals surface area contributed by atoms with Crippen LogP contribution in [0.4, 0.5) is 5.69 Å². The van der Waals surface area contributed by atoms with E-state index >= 15 is 0 Å². The molecule has 0 saturated heterocycles. The third kappa shape index (κ3) is 5.32. The van der Waals surface area contributed by atoms with Crippen molar-refractivity contribution in [3.05, 3.63) is 52.8 Å². The predicted molar refractivity (Wildman–Crippen MR) is 109 cm³/mol. The van der Waals surface area contributed by atoms with Crippen molar-refractivity contribution in [2.24, 2.45) is 0 Å². The fraction of sp³-hybridized carbons (Fsp3) is 0.450. The molecular weight excluding hydrogens is 363 g/mol. The molecule has 0 saturated carbocycles. The van der Waals surface area contributed by atoms with Crippen LogP contribution in [-0.4, -0.2) is 29.8 Å². The van der Waals surface area contributed by atoms with Gasteiger partial charge in [-0.15, -0.1) is 0 Å². The van der Waals surface area contributed by atoms with E-state index in [0.29, 0.717) is 6.54 Å². The molecule has 6 nitrogen and oxygen atoms in total. The molecule has 1 unspecified atom stereocenters. The third-order valence-electron chi connectivity index (χ3n) is 4.31. The van der Waals surface area contributed by atoms with Gasteiger partial charge in [-0.3, -0.25) is 9.55 Å². The summed E-state index contributed by atoms with van der Waals surface area (Å²) in [7, 11) is -3.42. The number of phenols is 1. The number of aromatic hydroxyl groups is 1. The molecular formula is C20H29N2O4P. The highest BCUT2D eigenvalue weighted by molar-refractivity contribution is 7.54. The Balaban J connectivity index is 2.41. The SMILES string of the molecule is CCOP(=O)(OCC)C(CNc1ccc(C)nc1)c1cc(C)c(O)c(C)c1. The van der Waals surface area contributed by atoms with E-state index < -0.39 is 13.3 Å². The minimum Gasteiger partial charge on any atom is -0.507 e. The van der Waals surface area contributed by atoms with Crippen LogP contribution in [0.3, 0.4) is 0 Å². The molecule has 7 heteroatoms. The lowest BCUT2D eigenvalue weighted by molar-refractivity contribution is 0.213. The quantitative estimate of drug-likeness (QED) is 0.576. The summed E-state index contributed by atoms with van der Waals surface area (Å²) in [5.74, 6) is 0.246. The summed E-state index contributed by atoms with van der Waals surface area (Å²) in [6.07, 6.45) is 1.74. The van der Waals surface area contributed by atoms with E-state index in [1.54, 1.807) is 20.0 Å². The van der Waals surface area contributed by atoms with E-state index in [1.165, 1.54) is 0 Å². The van der Waals surface area contributed by atoms with E-state index in [-0.39, 0.29) is 19.0 Å². The first-order valence-electron chi connectivity index (χ1n) is 9.16. The molecule has 2 N–H and O–H groups in total. The standard InChI is InChI=1S/C20H29N2O4P/c1-6-25-27(24,26-7-2)19(13-22-18-9-8-16(5)21-12-18)17-10-14(3)20(23)15(4)11-17/h8-12,19,22-23H,6-7,13H2,1-5H3. The van der Waals surface area contributed by atoms with E-state index in [2.05, 4.69) is 10.3 Å². The second-order valence-electron chi connectivity index (χ2n) is 6.46. The van der Waals surface area contributed by atoms with E-state index in [9.17, 15) is 9.67 Å². The Bertz CT molecular complexity index is 775. The van der Waals surface area contributed by atoms with Gasteiger partial charge in [0.05, 0.1) is 25.1 Å². The Hall–Kier alpha value is -1.88. The highest BCUT2D eigenvalue weighted by Crippen LogP contribution is 2.61. The van der Waals surface area contributed by atoms with E-state index in [1.807, 2.05) is 45.0 Å². The van der Waals surface area contributed by atoms with Gasteiger partial charge in [-0.2, -0.15) is 0 Å². The fourth-order valence-corrected chi connectivity index (χ4v) is 4.94. The van der Waals surface area contributed by atoms with E-state index in [0.717, 1.165) is 28.1 Å². The minimum absolute atomic E-state index is 0.246. The first kappa shape index (κ1) is 21.4. The van der Waals surface area contributed by atoms with Gasteiger partial charge in [0, 0.05) is 12.2 Å². The molecule has 2 rings (SSSR count). The Morgan fingerprint density at radius 1 is 1.11 bits per heavy atom. The van der Waals surface area contributed by atoms with Crippen LogP contribution in [0.1, 0.15) is 41.9 Å². The summed E-state index contributed by atoms with van der Waals surface area (Å²) in [5, 5.41) is 13.4. The monoisotopic (exact) mass is 392 g/mol. The summed E-state index contributed by atoms with van der Waals surface area (Å²) < 4.78 is 24.8. The van der Waals surface area contributed by atoms with Crippen LogP contribution in [-0.2, 0) is 13.6 Å². The molecule has 0 aliphatic heterocycles. The van der Waals surface area contributed by atoms with Gasteiger partial charge in [0.25, 0.3) is 0 Å². The topological polar surface area (TPSA) is 80.7 Å². The number of benzene rings is 1. The van der Waals surface area contributed by atoms with Crippen molar-refractivity contribution in [2.45, 2.75) is 40.3 Å². The second kappa shape index (κ2) is 9.36. The van der Waals surface area contributed by atoms with Crippen molar-refractivity contribution in [3.8, 4) is 5.75 Å². The number of phenolic OH excluding ortho intramolecular Hbond substituents is 1. The Morgan fingerprint density at radius 3 is 2.19 bits per heavy atom. The Morgan fingerprint density at radius 2 is 1.70 bits per heavy atom. The largest absolute Gasteiger partial charge is 0.507 e. The number of hydrogen-bond donors (Lipinski definition) is 2. The molecule has 0 fully saturated rings. The number of nitrogens with zero attached hydrogens (tertiary/aromatic N) is 1. The third-order valence-corrected chi connectivity index (χ3v) is 6.79. The number of anilines is 1. The zero-order valence-electron chi connectivity index (χ0n) is 16.7. The van der Waals surface area contributed by atoms with Crippen LogP contribution in [0.15, 0.2) is 30.5 Å². The molecule has 0 radical (unpaired) electrons. The lowest BCUT2D eigenvalue weighted by Gasteiger charge is -2.28. The van der Waals surface area contributed by atoms with Crippen LogP contribution in [0.25, 0.3) is 0 Å². The smallest absolute Gasteiger partial charge is 0.339 e. The van der Waals surface area contributed by atoms with Crippen LogP contribution in [0.5, 0.6) is 5.75 Å². The summed E-state index contributed by atoms with van der Waals surface area (Å²) in [6, 6.07) is 7.52. The summed E-state index contributed by atoms with van der Waals surface area (Å²) in [5.41, 5.74) is 3.50. The molecule has 1 atom stereocenters. The molecule has 148 valence electrons. The molecule has 0 spiro atoms. The van der Waals surface area contributed by atoms with Crippen molar-refractivity contribution in [1.29, 1.82) is 0 Å². The van der Waals surface area contributed by atoms with Crippen LogP contribution in [0.2, 0.25) is 0 Å². The maximum absolute atomic E-state index is 13.5. The van der Waals surface area contributed by atoms with Gasteiger partial charge in [0.15, 0.2) is 0 Å². The summed E-state index contributed by atoms with van der Waals surface area (Å²) in [6.45, 7) is 10.1. The second-order valence-corrected chi connectivity index (χ2v) is 8.68. The van der Waals surface area contributed by atoms with Gasteiger partial charge in [-0.1, -0.05) is 12.1 Å². The number of pyridine rings is 1. The van der Waals surface area contributed by atoms with Gasteiger partial charge in [0.1, 0.15) is 11.4 Å². The van der Waals surface area contributed by atoms with E-state index in [4.69, 9.17) is 9.05 Å². The molecule has 0 amide bonds. The fourth-order valence-electron chi connectivity index (χ4n) is 2.96. The molecule has 0 aliphatic carbocycles. The Kier molecular flexibility index (Phi) is 7.42. The van der Waals surface area contributed by atoms with Gasteiger partial charge in [-0.05, 0) is 63.4 Å². The molecule has 1 heterocycles. The van der Waals surface area contributed by atoms with Crippen LogP contribution < -0.4 is 5.32 Å². The molecule has 2 aromatic rings. The van der Waals surface area contributed by atoms with Gasteiger partial charge >= 0.3 is 7.60 Å². The first-order chi connectivity index (χ1) is 12.8. The lowest BCUT2D eigenvalue weighted by atomic mass is 10.0. The number of nitrogens with one attached hydrogen (secondary N) is 1. The van der Waals surface area contributed by atoms with Gasteiger partial charge < -0.3 is 19.5 Å². The molecule has 1 aromatic carbocycles. The summed E-state index contributed by atoms with van der Waals surface area (Å²) in [4.78, 5) is 4.28. The van der Waals surface area contributed by atoms with Crippen molar-refractivity contribution in [2.75, 3.05) is 25.1 Å². The first-order valence-corrected chi connectivity index (χ1v) is 10.8. The lowest BCUT2D eigenvalue weighted by Crippen LogP contribution is -2.17. The molecule has 27 heavy (non-hydrogen) atoms. The maximum atomic E-state index is 13.5. The minimum atomic E-state index is -3.42. The van der Waals surface area contributed by atoms with Crippen molar-refractivity contribution < 1.29 is 18.7 Å². The number of rotatable bonds is 9. The highest BCUT2D eigenvalue weighted by Gasteiger charge is 2.37. The van der Waals surface area contributed by atoms with Crippen molar-refractivity contribution in [1.82, 2.24) is 4.98 Å². The number of hydrogen-bond acceptors (Lipinski definition) is 6. The van der Waals surface area contributed by atoms with Crippen molar-refractivity contribution >= 4 is 13.3 Å². The Labute approximate surface area is 161 Å². The normalized spacial score (nSPS) is 12.8. The molecule has 0 aliphatic rings. The van der Waals surface area contributed by atoms with Gasteiger partial charge in [-0.25, -0.2) is 0 Å².